The second-order valence-electron chi connectivity index (χ2n) is 5.29. The number of sulfone groups is 1. The Bertz CT molecular complexity index is 778. The van der Waals surface area contributed by atoms with E-state index in [9.17, 15) is 8.42 Å². The van der Waals surface area contributed by atoms with Crippen LogP contribution in [0.4, 0.5) is 0 Å². The smallest absolute Gasteiger partial charge is 0.191 e. The van der Waals surface area contributed by atoms with E-state index in [1.807, 2.05) is 19.1 Å². The molecule has 0 aliphatic rings. The van der Waals surface area contributed by atoms with E-state index in [0.29, 0.717) is 23.9 Å². The average molecular weight is 556 g/mol. The van der Waals surface area contributed by atoms with E-state index < -0.39 is 9.84 Å². The van der Waals surface area contributed by atoms with Crippen LogP contribution >= 0.6 is 39.9 Å². The van der Waals surface area contributed by atoms with Crippen molar-refractivity contribution in [3.8, 4) is 0 Å². The largest absolute Gasteiger partial charge is 0.469 e. The van der Waals surface area contributed by atoms with Crippen molar-refractivity contribution in [2.75, 3.05) is 25.4 Å². The van der Waals surface area contributed by atoms with E-state index in [4.69, 9.17) is 4.42 Å². The molecule has 0 fully saturated rings. The highest BCUT2D eigenvalue weighted by Crippen LogP contribution is 2.15. The van der Waals surface area contributed by atoms with Crippen LogP contribution in [0.25, 0.3) is 0 Å². The summed E-state index contributed by atoms with van der Waals surface area (Å²) in [6.45, 7) is 3.50. The maximum absolute atomic E-state index is 12.3. The standard InChI is InChI=1S/C17H22BrN3O3S.HI/c1-2-19-17(20-10-9-15-4-3-12-24-15)21-11-13-25(22,23)16-7-5-14(18)6-8-16;/h3-8,12H,2,9-11,13H2,1H3,(H2,19,20,21);1H. The van der Waals surface area contributed by atoms with Crippen LogP contribution in [0.2, 0.25) is 0 Å². The quantitative estimate of drug-likeness (QED) is 0.297. The molecule has 0 bridgehead atoms. The summed E-state index contributed by atoms with van der Waals surface area (Å²) in [6.07, 6.45) is 2.37. The Balaban J connectivity index is 0.00000338. The van der Waals surface area contributed by atoms with Crippen LogP contribution in [0.15, 0.2) is 61.4 Å². The number of hydrogen-bond donors (Lipinski definition) is 2. The maximum atomic E-state index is 12.3. The molecule has 1 heterocycles. The molecule has 0 amide bonds. The van der Waals surface area contributed by atoms with E-state index in [1.54, 1.807) is 30.5 Å². The Labute approximate surface area is 179 Å². The molecule has 2 aromatic rings. The third kappa shape index (κ3) is 7.67. The van der Waals surface area contributed by atoms with Crippen molar-refractivity contribution in [2.24, 2.45) is 4.99 Å². The monoisotopic (exact) mass is 555 g/mol. The number of benzene rings is 1. The molecule has 0 atom stereocenters. The van der Waals surface area contributed by atoms with Crippen molar-refractivity contribution in [3.63, 3.8) is 0 Å². The molecule has 0 spiro atoms. The summed E-state index contributed by atoms with van der Waals surface area (Å²) in [5, 5.41) is 6.27. The minimum absolute atomic E-state index is 0. The van der Waals surface area contributed by atoms with Crippen LogP contribution in [0.3, 0.4) is 0 Å². The first-order chi connectivity index (χ1) is 12.0. The highest BCUT2D eigenvalue weighted by molar-refractivity contribution is 14.0. The summed E-state index contributed by atoms with van der Waals surface area (Å²) in [7, 11) is -3.34. The van der Waals surface area contributed by atoms with Crippen molar-refractivity contribution in [2.45, 2.75) is 18.2 Å². The lowest BCUT2D eigenvalue weighted by Crippen LogP contribution is -2.38. The number of hydrogen-bond acceptors (Lipinski definition) is 4. The van der Waals surface area contributed by atoms with E-state index in [0.717, 1.165) is 16.7 Å². The molecular weight excluding hydrogens is 533 g/mol. The summed E-state index contributed by atoms with van der Waals surface area (Å²) in [5.41, 5.74) is 0. The molecule has 0 saturated heterocycles. The Morgan fingerprint density at radius 1 is 1.19 bits per heavy atom. The predicted molar refractivity (Wildman–Crippen MR) is 118 cm³/mol. The minimum atomic E-state index is -3.34. The van der Waals surface area contributed by atoms with E-state index >= 15 is 0 Å². The van der Waals surface area contributed by atoms with Gasteiger partial charge in [0.15, 0.2) is 15.8 Å². The van der Waals surface area contributed by atoms with Gasteiger partial charge in [-0.05, 0) is 43.3 Å². The van der Waals surface area contributed by atoms with Gasteiger partial charge in [-0.15, -0.1) is 24.0 Å². The fourth-order valence-electron chi connectivity index (χ4n) is 2.14. The molecule has 0 radical (unpaired) electrons. The maximum Gasteiger partial charge on any atom is 0.191 e. The first-order valence-electron chi connectivity index (χ1n) is 8.04. The molecule has 0 saturated carbocycles. The lowest BCUT2D eigenvalue weighted by Gasteiger charge is -2.10. The average Bonchev–Trinajstić information content (AvgIpc) is 3.08. The number of aliphatic imine (C=N–C) groups is 1. The molecular formula is C17H23BrIN3O3S. The number of halogens is 2. The summed E-state index contributed by atoms with van der Waals surface area (Å²) < 4.78 is 30.8. The summed E-state index contributed by atoms with van der Waals surface area (Å²) in [5.74, 6) is 1.45. The Morgan fingerprint density at radius 2 is 1.92 bits per heavy atom. The van der Waals surface area contributed by atoms with Gasteiger partial charge in [-0.2, -0.15) is 0 Å². The molecule has 2 rings (SSSR count). The van der Waals surface area contributed by atoms with Gasteiger partial charge in [0.05, 0.1) is 23.5 Å². The van der Waals surface area contributed by atoms with E-state index in [1.165, 1.54) is 0 Å². The van der Waals surface area contributed by atoms with Gasteiger partial charge in [-0.1, -0.05) is 15.9 Å². The fraction of sp³-hybridized carbons (Fsp3) is 0.353. The molecule has 6 nitrogen and oxygen atoms in total. The molecule has 0 aliphatic heterocycles. The lowest BCUT2D eigenvalue weighted by molar-refractivity contribution is 0.507. The van der Waals surface area contributed by atoms with Crippen LogP contribution in [-0.4, -0.2) is 39.8 Å². The zero-order valence-electron chi connectivity index (χ0n) is 14.4. The van der Waals surface area contributed by atoms with Crippen molar-refractivity contribution in [1.29, 1.82) is 0 Å². The topological polar surface area (TPSA) is 83.7 Å². The number of nitrogens with one attached hydrogen (secondary N) is 2. The van der Waals surface area contributed by atoms with Crippen LogP contribution in [-0.2, 0) is 16.3 Å². The second kappa shape index (κ2) is 11.6. The highest BCUT2D eigenvalue weighted by Gasteiger charge is 2.13. The van der Waals surface area contributed by atoms with Crippen LogP contribution in [0.1, 0.15) is 12.7 Å². The minimum Gasteiger partial charge on any atom is -0.469 e. The molecule has 9 heteroatoms. The molecule has 0 unspecified atom stereocenters. The molecule has 2 N–H and O–H groups in total. The van der Waals surface area contributed by atoms with Crippen molar-refractivity contribution < 1.29 is 12.8 Å². The summed E-state index contributed by atoms with van der Waals surface area (Å²) in [4.78, 5) is 4.64. The predicted octanol–water partition coefficient (Wildman–Crippen LogP) is 3.23. The van der Waals surface area contributed by atoms with Gasteiger partial charge in [0.2, 0.25) is 0 Å². The highest BCUT2D eigenvalue weighted by atomic mass is 127. The first kappa shape index (κ1) is 23.0. The number of furan rings is 1. The summed E-state index contributed by atoms with van der Waals surface area (Å²) in [6, 6.07) is 10.4. The fourth-order valence-corrected chi connectivity index (χ4v) is 3.52. The van der Waals surface area contributed by atoms with Crippen LogP contribution in [0, 0.1) is 0 Å². The van der Waals surface area contributed by atoms with Crippen molar-refractivity contribution in [1.82, 2.24) is 10.6 Å². The van der Waals surface area contributed by atoms with Gasteiger partial charge in [-0.3, -0.25) is 4.99 Å². The van der Waals surface area contributed by atoms with Crippen LogP contribution in [0.5, 0.6) is 0 Å². The SMILES string of the molecule is CCNC(=NCCS(=O)(=O)c1ccc(Br)cc1)NCCc1ccco1.I. The Morgan fingerprint density at radius 3 is 2.54 bits per heavy atom. The third-order valence-corrected chi connectivity index (χ3v) is 5.63. The number of rotatable bonds is 8. The molecule has 26 heavy (non-hydrogen) atoms. The molecule has 144 valence electrons. The zero-order chi connectivity index (χ0) is 18.1. The Kier molecular flexibility index (Phi) is 10.3. The van der Waals surface area contributed by atoms with Gasteiger partial charge >= 0.3 is 0 Å². The lowest BCUT2D eigenvalue weighted by atomic mass is 10.3. The third-order valence-electron chi connectivity index (χ3n) is 3.39. The van der Waals surface area contributed by atoms with E-state index in [-0.39, 0.29) is 36.3 Å². The van der Waals surface area contributed by atoms with Gasteiger partial charge in [0.1, 0.15) is 5.76 Å². The van der Waals surface area contributed by atoms with Gasteiger partial charge in [0.25, 0.3) is 0 Å². The number of guanidine groups is 1. The van der Waals surface area contributed by atoms with Crippen LogP contribution < -0.4 is 10.6 Å². The first-order valence-corrected chi connectivity index (χ1v) is 10.5. The molecule has 1 aromatic heterocycles. The van der Waals surface area contributed by atoms with Crippen molar-refractivity contribution >= 4 is 55.7 Å². The number of nitrogens with zero attached hydrogens (tertiary/aromatic N) is 1. The summed E-state index contributed by atoms with van der Waals surface area (Å²) >= 11 is 3.30. The second-order valence-corrected chi connectivity index (χ2v) is 8.31. The Hall–Kier alpha value is -1.07. The molecule has 1 aromatic carbocycles. The van der Waals surface area contributed by atoms with Crippen molar-refractivity contribution in [3.05, 3.63) is 52.9 Å². The zero-order valence-corrected chi connectivity index (χ0v) is 19.2. The van der Waals surface area contributed by atoms with E-state index in [2.05, 4.69) is 31.6 Å². The van der Waals surface area contributed by atoms with Gasteiger partial charge in [-0.25, -0.2) is 8.42 Å². The van der Waals surface area contributed by atoms with Gasteiger partial charge in [0, 0.05) is 24.0 Å². The molecule has 0 aliphatic carbocycles. The van der Waals surface area contributed by atoms with Gasteiger partial charge < -0.3 is 15.1 Å². The normalized spacial score (nSPS) is 11.7.